The van der Waals surface area contributed by atoms with Gasteiger partial charge in [0.25, 0.3) is 0 Å². The Morgan fingerprint density at radius 3 is 2.64 bits per heavy atom. The van der Waals surface area contributed by atoms with Crippen LogP contribution in [0.1, 0.15) is 52.7 Å². The van der Waals surface area contributed by atoms with Gasteiger partial charge >= 0.3 is 11.8 Å². The Labute approximate surface area is 258 Å². The Morgan fingerprint density at radius 1 is 1.14 bits per heavy atom. The zero-order valence-electron chi connectivity index (χ0n) is 23.8. The summed E-state index contributed by atoms with van der Waals surface area (Å²) in [5, 5.41) is 20.1. The lowest BCUT2D eigenvalue weighted by Gasteiger charge is -2.43. The van der Waals surface area contributed by atoms with E-state index in [-0.39, 0.29) is 28.2 Å². The molecule has 2 unspecified atom stereocenters. The molecule has 7 rings (SSSR count). The van der Waals surface area contributed by atoms with E-state index in [9.17, 15) is 15.2 Å². The molecule has 4 heterocycles. The zero-order chi connectivity index (χ0) is 30.4. The summed E-state index contributed by atoms with van der Waals surface area (Å²) in [4.78, 5) is 18.9. The standard InChI is InChI=1S/C33H30ClFN4O5/c34-22-6-7-25(26(35)16-22)33(19-36)43-29-4-2-1-3-24(29)31(44-33)20-9-12-38(13-10-20)18-30-37-27-8-5-21(32(40)41)15-28(27)39(30)17-23-11-14-42-23/h1-8,15-16,20,23,31H,9-14,17-18H2,(H,40,41)/t23-,31?,33?/m0/s1. The molecule has 3 aliphatic heterocycles. The van der Waals surface area contributed by atoms with Crippen LogP contribution in [0, 0.1) is 23.1 Å². The van der Waals surface area contributed by atoms with E-state index < -0.39 is 23.7 Å². The Hall–Kier alpha value is -4.01. The topological polar surface area (TPSA) is 110 Å². The summed E-state index contributed by atoms with van der Waals surface area (Å²) >= 11 is 5.99. The Morgan fingerprint density at radius 2 is 1.93 bits per heavy atom. The van der Waals surface area contributed by atoms with E-state index in [2.05, 4.69) is 15.5 Å². The van der Waals surface area contributed by atoms with Crippen LogP contribution in [0.3, 0.4) is 0 Å². The van der Waals surface area contributed by atoms with Crippen molar-refractivity contribution < 1.29 is 28.5 Å². The average molecular weight is 617 g/mol. The highest BCUT2D eigenvalue weighted by atomic mass is 35.5. The largest absolute Gasteiger partial charge is 0.478 e. The smallest absolute Gasteiger partial charge is 0.335 e. The van der Waals surface area contributed by atoms with E-state index in [0.29, 0.717) is 18.8 Å². The minimum atomic E-state index is -1.95. The second-order valence-electron chi connectivity index (χ2n) is 11.6. The number of carboxylic acid groups (broad SMARTS) is 1. The number of aromatic carboxylic acids is 1. The number of rotatable bonds is 7. The van der Waals surface area contributed by atoms with E-state index in [1.807, 2.05) is 18.2 Å². The fourth-order valence-electron chi connectivity index (χ4n) is 6.44. The molecule has 3 aromatic carbocycles. The molecule has 9 nitrogen and oxygen atoms in total. The summed E-state index contributed by atoms with van der Waals surface area (Å²) in [7, 11) is 0. The van der Waals surface area contributed by atoms with Gasteiger partial charge in [-0.05, 0) is 80.7 Å². The number of nitrogens with zero attached hydrogens (tertiary/aromatic N) is 4. The molecular formula is C33H30ClFN4O5. The summed E-state index contributed by atoms with van der Waals surface area (Å²) in [6.45, 7) is 3.46. The van der Waals surface area contributed by atoms with Gasteiger partial charge in [0.05, 0.1) is 47.5 Å². The number of halogens is 2. The van der Waals surface area contributed by atoms with Crippen molar-refractivity contribution in [2.45, 2.75) is 50.3 Å². The summed E-state index contributed by atoms with van der Waals surface area (Å²) in [6, 6.07) is 18.7. The predicted molar refractivity (Wildman–Crippen MR) is 159 cm³/mol. The molecule has 11 heteroatoms. The highest BCUT2D eigenvalue weighted by molar-refractivity contribution is 6.30. The quantitative estimate of drug-likeness (QED) is 0.267. The number of likely N-dealkylation sites (tertiary alicyclic amines) is 1. The number of fused-ring (bicyclic) bond motifs is 2. The van der Waals surface area contributed by atoms with Crippen LogP contribution in [0.4, 0.5) is 4.39 Å². The molecule has 226 valence electrons. The van der Waals surface area contributed by atoms with Crippen LogP contribution in [0.15, 0.2) is 60.7 Å². The lowest BCUT2D eigenvalue weighted by atomic mass is 9.85. The number of para-hydroxylation sites is 1. The maximum absolute atomic E-state index is 15.1. The second kappa shape index (κ2) is 11.5. The molecular weight excluding hydrogens is 587 g/mol. The van der Waals surface area contributed by atoms with Crippen molar-refractivity contribution in [3.05, 3.63) is 94.0 Å². The molecule has 0 spiro atoms. The highest BCUT2D eigenvalue weighted by Gasteiger charge is 2.48. The minimum absolute atomic E-state index is 0.0123. The van der Waals surface area contributed by atoms with Gasteiger partial charge in [0.2, 0.25) is 0 Å². The number of piperidine rings is 1. The van der Waals surface area contributed by atoms with Gasteiger partial charge in [-0.2, -0.15) is 5.26 Å². The van der Waals surface area contributed by atoms with Crippen molar-refractivity contribution in [3.8, 4) is 11.8 Å². The van der Waals surface area contributed by atoms with Gasteiger partial charge < -0.3 is 23.9 Å². The number of ether oxygens (including phenoxy) is 3. The van der Waals surface area contributed by atoms with Crippen molar-refractivity contribution >= 4 is 28.6 Å². The third-order valence-corrected chi connectivity index (χ3v) is 9.12. The molecule has 2 saturated heterocycles. The SMILES string of the molecule is N#CC1(c2ccc(Cl)cc2F)Oc2ccccc2C(C2CCN(Cc3nc4ccc(C(=O)O)cc4n3C[C@@H]3CCO3)CC2)O1. The molecule has 2 fully saturated rings. The van der Waals surface area contributed by atoms with Crippen LogP contribution in [0.5, 0.6) is 5.75 Å². The van der Waals surface area contributed by atoms with Gasteiger partial charge in [-0.25, -0.2) is 14.2 Å². The first kappa shape index (κ1) is 28.7. The number of carbonyl (C=O) groups is 1. The number of nitriles is 1. The van der Waals surface area contributed by atoms with Crippen molar-refractivity contribution in [2.75, 3.05) is 19.7 Å². The molecule has 1 N–H and O–H groups in total. The fourth-order valence-corrected chi connectivity index (χ4v) is 6.60. The average Bonchev–Trinajstić information content (AvgIpc) is 3.34. The van der Waals surface area contributed by atoms with Crippen LogP contribution < -0.4 is 4.74 Å². The minimum Gasteiger partial charge on any atom is -0.478 e. The third-order valence-electron chi connectivity index (χ3n) is 8.88. The van der Waals surface area contributed by atoms with Gasteiger partial charge in [0.1, 0.15) is 23.5 Å². The molecule has 0 aliphatic carbocycles. The maximum atomic E-state index is 15.1. The third kappa shape index (κ3) is 5.20. The van der Waals surface area contributed by atoms with Crippen LogP contribution in [-0.2, 0) is 28.4 Å². The summed E-state index contributed by atoms with van der Waals surface area (Å²) in [6.07, 6.45) is 2.12. The number of carboxylic acids is 1. The van der Waals surface area contributed by atoms with Gasteiger partial charge in [0.15, 0.2) is 0 Å². The van der Waals surface area contributed by atoms with Gasteiger partial charge in [-0.15, -0.1) is 0 Å². The van der Waals surface area contributed by atoms with Gasteiger partial charge in [-0.3, -0.25) is 4.90 Å². The molecule has 0 radical (unpaired) electrons. The van der Waals surface area contributed by atoms with Crippen molar-refractivity contribution in [3.63, 3.8) is 0 Å². The maximum Gasteiger partial charge on any atom is 0.335 e. The number of imidazole rings is 1. The van der Waals surface area contributed by atoms with E-state index in [1.165, 1.54) is 12.1 Å². The van der Waals surface area contributed by atoms with Crippen LogP contribution >= 0.6 is 11.6 Å². The normalized spacial score (nSPS) is 23.8. The lowest BCUT2D eigenvalue weighted by Crippen LogP contribution is -2.44. The second-order valence-corrected chi connectivity index (χ2v) is 12.0. The predicted octanol–water partition coefficient (Wildman–Crippen LogP) is 6.05. The Bertz CT molecular complexity index is 1780. The van der Waals surface area contributed by atoms with E-state index in [4.69, 9.17) is 30.8 Å². The summed E-state index contributed by atoms with van der Waals surface area (Å²) in [5.41, 5.74) is 2.60. The van der Waals surface area contributed by atoms with Crippen LogP contribution in [-0.4, -0.2) is 51.3 Å². The van der Waals surface area contributed by atoms with E-state index in [1.54, 1.807) is 24.3 Å². The molecule has 0 amide bonds. The van der Waals surface area contributed by atoms with Crippen molar-refractivity contribution in [1.82, 2.24) is 14.5 Å². The number of hydrogen-bond donors (Lipinski definition) is 1. The molecule has 0 bridgehead atoms. The number of aromatic nitrogens is 2. The van der Waals surface area contributed by atoms with Crippen LogP contribution in [0.2, 0.25) is 5.02 Å². The molecule has 3 aliphatic rings. The summed E-state index contributed by atoms with van der Waals surface area (Å²) < 4.78 is 35.4. The van der Waals surface area contributed by atoms with Gasteiger partial charge in [0, 0.05) is 17.2 Å². The summed E-state index contributed by atoms with van der Waals surface area (Å²) in [5.74, 6) is -2.18. The van der Waals surface area contributed by atoms with Crippen molar-refractivity contribution in [1.29, 1.82) is 5.26 Å². The van der Waals surface area contributed by atoms with E-state index in [0.717, 1.165) is 67.4 Å². The highest BCUT2D eigenvalue weighted by Crippen LogP contribution is 2.49. The molecule has 4 aromatic rings. The van der Waals surface area contributed by atoms with E-state index >= 15 is 4.39 Å². The lowest BCUT2D eigenvalue weighted by molar-refractivity contribution is -0.219. The monoisotopic (exact) mass is 616 g/mol. The Kier molecular flexibility index (Phi) is 7.50. The molecule has 3 atom stereocenters. The first-order valence-electron chi connectivity index (χ1n) is 14.7. The number of benzene rings is 3. The zero-order valence-corrected chi connectivity index (χ0v) is 24.5. The molecule has 44 heavy (non-hydrogen) atoms. The molecule has 0 saturated carbocycles. The first-order valence-corrected chi connectivity index (χ1v) is 15.1. The molecule has 1 aromatic heterocycles. The number of hydrogen-bond acceptors (Lipinski definition) is 7. The van der Waals surface area contributed by atoms with Crippen LogP contribution in [0.25, 0.3) is 11.0 Å². The Balaban J connectivity index is 1.12. The fraction of sp³-hybridized carbons (Fsp3) is 0.364. The van der Waals surface area contributed by atoms with Crippen molar-refractivity contribution in [2.24, 2.45) is 5.92 Å². The van der Waals surface area contributed by atoms with Gasteiger partial charge in [-0.1, -0.05) is 29.8 Å². The first-order chi connectivity index (χ1) is 21.3.